The number of para-hydroxylation sites is 1. The van der Waals surface area contributed by atoms with Gasteiger partial charge in [0.05, 0.1) is 17.3 Å². The lowest BCUT2D eigenvalue weighted by Crippen LogP contribution is -2.39. The lowest BCUT2D eigenvalue weighted by molar-refractivity contribution is -0.118. The van der Waals surface area contributed by atoms with Crippen molar-refractivity contribution < 1.29 is 9.90 Å². The molecule has 0 radical (unpaired) electrons. The number of carbonyl (C=O) groups excluding carboxylic acids is 1. The van der Waals surface area contributed by atoms with Crippen molar-refractivity contribution in [3.63, 3.8) is 0 Å². The summed E-state index contributed by atoms with van der Waals surface area (Å²) in [6, 6.07) is 17.3. The molecule has 24 heavy (non-hydrogen) atoms. The molecule has 5 heteroatoms. The van der Waals surface area contributed by atoms with Crippen LogP contribution in [0.15, 0.2) is 54.6 Å². The minimum absolute atomic E-state index is 0.0900. The molecule has 1 amide bonds. The van der Waals surface area contributed by atoms with E-state index < -0.39 is 0 Å². The maximum Gasteiger partial charge on any atom is 0.238 e. The fourth-order valence-electron chi connectivity index (χ4n) is 2.49. The monoisotopic (exact) mass is 346 g/mol. The Kier molecular flexibility index (Phi) is 7.25. The van der Waals surface area contributed by atoms with Crippen molar-refractivity contribution in [2.24, 2.45) is 0 Å². The molecule has 0 aromatic heterocycles. The zero-order valence-corrected chi connectivity index (χ0v) is 14.5. The van der Waals surface area contributed by atoms with Crippen molar-refractivity contribution in [2.75, 3.05) is 18.5 Å². The number of nitrogens with one attached hydrogen (secondary N) is 1. The molecule has 0 fully saturated rings. The molecular weight excluding hydrogens is 324 g/mol. The Morgan fingerprint density at radius 3 is 2.50 bits per heavy atom. The average molecular weight is 347 g/mol. The highest BCUT2D eigenvalue weighted by Crippen LogP contribution is 2.20. The highest BCUT2D eigenvalue weighted by Gasteiger charge is 2.18. The quantitative estimate of drug-likeness (QED) is 0.768. The van der Waals surface area contributed by atoms with Crippen LogP contribution in [0.3, 0.4) is 0 Å². The molecule has 0 spiro atoms. The minimum atomic E-state index is -0.121. The van der Waals surface area contributed by atoms with E-state index in [1.54, 1.807) is 12.1 Å². The number of carbonyl (C=O) groups is 1. The molecule has 0 aliphatic carbocycles. The Bertz CT molecular complexity index is 649. The van der Waals surface area contributed by atoms with Crippen molar-refractivity contribution >= 4 is 23.2 Å². The normalized spacial score (nSPS) is 12.2. The van der Waals surface area contributed by atoms with E-state index in [-0.39, 0.29) is 25.1 Å². The van der Waals surface area contributed by atoms with E-state index in [9.17, 15) is 9.90 Å². The van der Waals surface area contributed by atoms with Gasteiger partial charge in [-0.1, -0.05) is 54.1 Å². The lowest BCUT2D eigenvalue weighted by Gasteiger charge is -2.28. The maximum atomic E-state index is 12.4. The molecule has 0 aliphatic rings. The van der Waals surface area contributed by atoms with Gasteiger partial charge in [0.2, 0.25) is 5.91 Å². The standard InChI is InChI=1S/C19H23ClN2O2/c1-15(11-12-23)22(13-16-7-3-2-4-8-16)14-19(24)21-18-10-6-5-9-17(18)20/h2-10,15,23H,11-14H2,1H3,(H,21,24). The number of hydrogen-bond donors (Lipinski definition) is 2. The largest absolute Gasteiger partial charge is 0.396 e. The number of amides is 1. The fraction of sp³-hybridized carbons (Fsp3) is 0.316. The summed E-state index contributed by atoms with van der Waals surface area (Å²) in [5.74, 6) is -0.121. The topological polar surface area (TPSA) is 52.6 Å². The summed E-state index contributed by atoms with van der Waals surface area (Å²) in [7, 11) is 0. The molecule has 2 aromatic carbocycles. The first kappa shape index (κ1) is 18.5. The van der Waals surface area contributed by atoms with Crippen molar-refractivity contribution in [1.82, 2.24) is 4.90 Å². The Labute approximate surface area is 148 Å². The van der Waals surface area contributed by atoms with Crippen LogP contribution in [0.25, 0.3) is 0 Å². The van der Waals surface area contributed by atoms with Gasteiger partial charge < -0.3 is 10.4 Å². The van der Waals surface area contributed by atoms with E-state index in [1.807, 2.05) is 49.4 Å². The van der Waals surface area contributed by atoms with Gasteiger partial charge in [-0.3, -0.25) is 9.69 Å². The van der Waals surface area contributed by atoms with E-state index in [0.29, 0.717) is 23.7 Å². The van der Waals surface area contributed by atoms with Crippen LogP contribution >= 0.6 is 11.6 Å². The number of anilines is 1. The lowest BCUT2D eigenvalue weighted by atomic mass is 10.1. The Morgan fingerprint density at radius 2 is 1.83 bits per heavy atom. The van der Waals surface area contributed by atoms with Gasteiger partial charge in [0.15, 0.2) is 0 Å². The molecule has 0 saturated carbocycles. The third-order valence-corrected chi connectivity index (χ3v) is 4.22. The fourth-order valence-corrected chi connectivity index (χ4v) is 2.67. The van der Waals surface area contributed by atoms with Crippen molar-refractivity contribution in [3.05, 3.63) is 65.2 Å². The number of benzene rings is 2. The summed E-state index contributed by atoms with van der Waals surface area (Å²) < 4.78 is 0. The molecule has 0 bridgehead atoms. The molecule has 4 nitrogen and oxygen atoms in total. The van der Waals surface area contributed by atoms with Crippen LogP contribution in [-0.2, 0) is 11.3 Å². The van der Waals surface area contributed by atoms with E-state index in [0.717, 1.165) is 5.56 Å². The zero-order chi connectivity index (χ0) is 17.4. The molecule has 0 heterocycles. The van der Waals surface area contributed by atoms with E-state index >= 15 is 0 Å². The maximum absolute atomic E-state index is 12.4. The van der Waals surface area contributed by atoms with Gasteiger partial charge in [0, 0.05) is 19.2 Å². The molecule has 2 aromatic rings. The van der Waals surface area contributed by atoms with Crippen molar-refractivity contribution in [1.29, 1.82) is 0 Å². The van der Waals surface area contributed by atoms with Gasteiger partial charge in [0.25, 0.3) is 0 Å². The molecular formula is C19H23ClN2O2. The third-order valence-electron chi connectivity index (χ3n) is 3.89. The highest BCUT2D eigenvalue weighted by molar-refractivity contribution is 6.33. The number of hydrogen-bond acceptors (Lipinski definition) is 3. The number of nitrogens with zero attached hydrogens (tertiary/aromatic N) is 1. The van der Waals surface area contributed by atoms with Gasteiger partial charge in [0.1, 0.15) is 0 Å². The van der Waals surface area contributed by atoms with Crippen LogP contribution in [0.1, 0.15) is 18.9 Å². The summed E-state index contributed by atoms with van der Waals surface area (Å²) in [6.07, 6.45) is 0.617. The minimum Gasteiger partial charge on any atom is -0.396 e. The average Bonchev–Trinajstić information content (AvgIpc) is 2.57. The van der Waals surface area contributed by atoms with Gasteiger partial charge in [-0.25, -0.2) is 0 Å². The summed E-state index contributed by atoms with van der Waals surface area (Å²) in [6.45, 7) is 3.00. The summed E-state index contributed by atoms with van der Waals surface area (Å²) >= 11 is 6.09. The number of halogens is 1. The molecule has 1 unspecified atom stereocenters. The van der Waals surface area contributed by atoms with E-state index in [2.05, 4.69) is 10.2 Å². The number of aliphatic hydroxyl groups excluding tert-OH is 1. The van der Waals surface area contributed by atoms with Crippen LogP contribution < -0.4 is 5.32 Å². The first-order chi connectivity index (χ1) is 11.6. The van der Waals surface area contributed by atoms with Gasteiger partial charge in [-0.05, 0) is 31.0 Å². The molecule has 0 saturated heterocycles. The molecule has 1 atom stereocenters. The summed E-state index contributed by atoms with van der Waals surface area (Å²) in [5, 5.41) is 12.6. The SMILES string of the molecule is CC(CCO)N(CC(=O)Nc1ccccc1Cl)Cc1ccccc1. The van der Waals surface area contributed by atoms with Crippen LogP contribution in [0.4, 0.5) is 5.69 Å². The first-order valence-corrected chi connectivity index (χ1v) is 8.41. The van der Waals surface area contributed by atoms with Gasteiger partial charge >= 0.3 is 0 Å². The molecule has 128 valence electrons. The van der Waals surface area contributed by atoms with Crippen molar-refractivity contribution in [2.45, 2.75) is 25.9 Å². The van der Waals surface area contributed by atoms with Crippen molar-refractivity contribution in [3.8, 4) is 0 Å². The smallest absolute Gasteiger partial charge is 0.238 e. The molecule has 2 rings (SSSR count). The molecule has 2 N–H and O–H groups in total. The number of aliphatic hydroxyl groups is 1. The number of rotatable bonds is 8. The van der Waals surface area contributed by atoms with Crippen LogP contribution in [0, 0.1) is 0 Å². The second-order valence-electron chi connectivity index (χ2n) is 5.78. The highest BCUT2D eigenvalue weighted by atomic mass is 35.5. The second kappa shape index (κ2) is 9.42. The van der Waals surface area contributed by atoms with E-state index in [1.165, 1.54) is 0 Å². The van der Waals surface area contributed by atoms with Gasteiger partial charge in [-0.2, -0.15) is 0 Å². The summed E-state index contributed by atoms with van der Waals surface area (Å²) in [4.78, 5) is 14.5. The second-order valence-corrected chi connectivity index (χ2v) is 6.19. The molecule has 0 aliphatic heterocycles. The van der Waals surface area contributed by atoms with Gasteiger partial charge in [-0.15, -0.1) is 0 Å². The Hall–Kier alpha value is -1.88. The predicted octanol–water partition coefficient (Wildman–Crippen LogP) is 3.55. The van der Waals surface area contributed by atoms with Crippen LogP contribution in [0.2, 0.25) is 5.02 Å². The van der Waals surface area contributed by atoms with E-state index in [4.69, 9.17) is 11.6 Å². The Balaban J connectivity index is 2.04. The first-order valence-electron chi connectivity index (χ1n) is 8.03. The summed E-state index contributed by atoms with van der Waals surface area (Å²) in [5.41, 5.74) is 1.74. The third kappa shape index (κ3) is 5.64. The van der Waals surface area contributed by atoms with Crippen LogP contribution in [0.5, 0.6) is 0 Å². The Morgan fingerprint density at radius 1 is 1.17 bits per heavy atom. The van der Waals surface area contributed by atoms with Crippen LogP contribution in [-0.4, -0.2) is 35.1 Å². The predicted molar refractivity (Wildman–Crippen MR) is 98.1 cm³/mol. The zero-order valence-electron chi connectivity index (χ0n) is 13.8.